The summed E-state index contributed by atoms with van der Waals surface area (Å²) in [5, 5.41) is 2.93. The number of fused-ring (bicyclic) bond motifs is 5. The highest BCUT2D eigenvalue weighted by Crippen LogP contribution is 2.66. The molecule has 136 valence electrons. The van der Waals surface area contributed by atoms with Crippen molar-refractivity contribution >= 4 is 12.2 Å². The van der Waals surface area contributed by atoms with Crippen LogP contribution < -0.4 is 5.32 Å². The molecule has 0 aromatic rings. The van der Waals surface area contributed by atoms with Gasteiger partial charge < -0.3 is 5.32 Å². The van der Waals surface area contributed by atoms with Crippen LogP contribution in [0.15, 0.2) is 22.9 Å². The molecule has 25 heavy (non-hydrogen) atoms. The highest BCUT2D eigenvalue weighted by molar-refractivity contribution is 5.91. The van der Waals surface area contributed by atoms with Gasteiger partial charge in [0.15, 0.2) is 5.78 Å². The second kappa shape index (κ2) is 5.82. The number of carbonyl (C=O) groups excluding carboxylic acids is 2. The van der Waals surface area contributed by atoms with E-state index in [2.05, 4.69) is 26.1 Å². The molecule has 1 N–H and O–H groups in total. The molecular weight excluding hydrogens is 310 g/mol. The van der Waals surface area contributed by atoms with E-state index in [1.54, 1.807) is 0 Å². The van der Waals surface area contributed by atoms with Crippen molar-refractivity contribution in [3.8, 4) is 0 Å². The Labute approximate surface area is 151 Å². The van der Waals surface area contributed by atoms with Gasteiger partial charge in [-0.25, -0.2) is 0 Å². The molecule has 4 aliphatic carbocycles. The lowest BCUT2D eigenvalue weighted by atomic mass is 9.47. The minimum Gasteiger partial charge on any atom is -0.333 e. The standard InChI is InChI=1S/C22H31NO2/c1-14(23-13-24)18-6-7-19-17-5-4-15-12-16(25)8-10-21(15,2)20(17)9-11-22(18,19)3/h12-13,17,19-20H,4-11H2,1-3H3,(H,23,24)/t17-,19-,20-,21-,22+/m0/s1. The zero-order valence-corrected chi connectivity index (χ0v) is 15.9. The van der Waals surface area contributed by atoms with E-state index in [-0.39, 0.29) is 10.8 Å². The monoisotopic (exact) mass is 341 g/mol. The molecule has 0 aliphatic heterocycles. The third-order valence-corrected chi connectivity index (χ3v) is 8.47. The molecule has 0 unspecified atom stereocenters. The molecule has 3 fully saturated rings. The number of allylic oxidation sites excluding steroid dienone is 3. The second-order valence-corrected chi connectivity index (χ2v) is 9.33. The highest BCUT2D eigenvalue weighted by atomic mass is 16.1. The lowest BCUT2D eigenvalue weighted by Crippen LogP contribution is -2.49. The van der Waals surface area contributed by atoms with Crippen molar-refractivity contribution in [3.05, 3.63) is 22.9 Å². The van der Waals surface area contributed by atoms with Crippen LogP contribution in [0.2, 0.25) is 0 Å². The first-order valence-electron chi connectivity index (χ1n) is 10.0. The van der Waals surface area contributed by atoms with Gasteiger partial charge in [-0.3, -0.25) is 9.59 Å². The number of hydrogen-bond donors (Lipinski definition) is 1. The van der Waals surface area contributed by atoms with Crippen molar-refractivity contribution in [1.82, 2.24) is 5.32 Å². The van der Waals surface area contributed by atoms with Crippen LogP contribution in [-0.4, -0.2) is 12.2 Å². The molecule has 0 radical (unpaired) electrons. The summed E-state index contributed by atoms with van der Waals surface area (Å²) >= 11 is 0. The normalized spacial score (nSPS) is 45.0. The largest absolute Gasteiger partial charge is 0.333 e. The average Bonchev–Trinajstić information content (AvgIpc) is 2.93. The fraction of sp³-hybridized carbons (Fsp3) is 0.727. The Balaban J connectivity index is 1.67. The quantitative estimate of drug-likeness (QED) is 0.750. The van der Waals surface area contributed by atoms with Crippen molar-refractivity contribution in [2.45, 2.75) is 72.1 Å². The number of nitrogens with one attached hydrogen (secondary N) is 1. The smallest absolute Gasteiger partial charge is 0.211 e. The van der Waals surface area contributed by atoms with E-state index in [4.69, 9.17) is 0 Å². The Hall–Kier alpha value is -1.38. The number of hydrogen-bond acceptors (Lipinski definition) is 2. The topological polar surface area (TPSA) is 46.2 Å². The summed E-state index contributed by atoms with van der Waals surface area (Å²) in [6, 6.07) is 0. The van der Waals surface area contributed by atoms with E-state index in [0.717, 1.165) is 55.5 Å². The Morgan fingerprint density at radius 2 is 1.84 bits per heavy atom. The van der Waals surface area contributed by atoms with E-state index in [0.29, 0.717) is 5.78 Å². The van der Waals surface area contributed by atoms with Gasteiger partial charge in [0.2, 0.25) is 6.41 Å². The molecule has 0 aromatic heterocycles. The van der Waals surface area contributed by atoms with Crippen molar-refractivity contribution in [2.24, 2.45) is 28.6 Å². The van der Waals surface area contributed by atoms with E-state index in [9.17, 15) is 9.59 Å². The SMILES string of the molecule is CC(NC=O)=C1CC[C@H]2[C@@H]3CCC4=CC(=O)CC[C@]4(C)[C@H]3CC[C@]12C. The predicted octanol–water partition coefficient (Wildman–Crippen LogP) is 4.54. The van der Waals surface area contributed by atoms with Gasteiger partial charge in [-0.2, -0.15) is 0 Å². The molecule has 0 spiro atoms. The molecule has 5 atom stereocenters. The number of ketones is 1. The van der Waals surface area contributed by atoms with Gasteiger partial charge in [-0.05, 0) is 92.1 Å². The summed E-state index contributed by atoms with van der Waals surface area (Å²) in [5.74, 6) is 2.59. The van der Waals surface area contributed by atoms with Crippen LogP contribution in [0.3, 0.4) is 0 Å². The zero-order chi connectivity index (χ0) is 17.8. The molecule has 0 aromatic carbocycles. The Kier molecular flexibility index (Phi) is 3.97. The van der Waals surface area contributed by atoms with Gasteiger partial charge in [-0.1, -0.05) is 19.4 Å². The molecule has 0 saturated heterocycles. The third-order valence-electron chi connectivity index (χ3n) is 8.47. The summed E-state index contributed by atoms with van der Waals surface area (Å²) in [6.45, 7) is 6.96. The minimum atomic E-state index is 0.251. The molecular formula is C22H31NO2. The van der Waals surface area contributed by atoms with Crippen LogP contribution in [0.25, 0.3) is 0 Å². The lowest BCUT2D eigenvalue weighted by Gasteiger charge is -2.57. The van der Waals surface area contributed by atoms with Gasteiger partial charge in [0, 0.05) is 12.1 Å². The molecule has 3 saturated carbocycles. The maximum absolute atomic E-state index is 11.9. The second-order valence-electron chi connectivity index (χ2n) is 9.33. The fourth-order valence-electron chi connectivity index (χ4n) is 7.16. The average molecular weight is 341 g/mol. The Morgan fingerprint density at radius 3 is 2.60 bits per heavy atom. The molecule has 4 rings (SSSR count). The fourth-order valence-corrected chi connectivity index (χ4v) is 7.16. The van der Waals surface area contributed by atoms with E-state index in [1.165, 1.54) is 36.8 Å². The summed E-state index contributed by atoms with van der Waals surface area (Å²) in [6.07, 6.45) is 11.8. The summed E-state index contributed by atoms with van der Waals surface area (Å²) in [7, 11) is 0. The van der Waals surface area contributed by atoms with Crippen molar-refractivity contribution in [1.29, 1.82) is 0 Å². The van der Waals surface area contributed by atoms with E-state index < -0.39 is 0 Å². The van der Waals surface area contributed by atoms with Crippen LogP contribution in [0.1, 0.15) is 72.1 Å². The van der Waals surface area contributed by atoms with Crippen molar-refractivity contribution < 1.29 is 9.59 Å². The van der Waals surface area contributed by atoms with Crippen LogP contribution in [0.5, 0.6) is 0 Å². The van der Waals surface area contributed by atoms with Gasteiger partial charge >= 0.3 is 0 Å². The first-order valence-corrected chi connectivity index (χ1v) is 10.0. The highest BCUT2D eigenvalue weighted by Gasteiger charge is 2.57. The lowest BCUT2D eigenvalue weighted by molar-refractivity contribution is -0.117. The maximum Gasteiger partial charge on any atom is 0.211 e. The zero-order valence-electron chi connectivity index (χ0n) is 15.9. The van der Waals surface area contributed by atoms with Crippen LogP contribution in [-0.2, 0) is 9.59 Å². The van der Waals surface area contributed by atoms with Gasteiger partial charge in [0.25, 0.3) is 0 Å². The number of rotatable bonds is 2. The molecule has 3 heteroatoms. The van der Waals surface area contributed by atoms with Crippen molar-refractivity contribution in [2.75, 3.05) is 0 Å². The van der Waals surface area contributed by atoms with E-state index >= 15 is 0 Å². The summed E-state index contributed by atoms with van der Waals surface area (Å²) in [4.78, 5) is 22.8. The van der Waals surface area contributed by atoms with Crippen LogP contribution in [0, 0.1) is 28.6 Å². The Morgan fingerprint density at radius 1 is 1.08 bits per heavy atom. The Bertz CT molecular complexity index is 676. The molecule has 0 heterocycles. The van der Waals surface area contributed by atoms with E-state index in [1.807, 2.05) is 6.08 Å². The maximum atomic E-state index is 11.9. The van der Waals surface area contributed by atoms with Crippen LogP contribution in [0.4, 0.5) is 0 Å². The van der Waals surface area contributed by atoms with Gasteiger partial charge in [-0.15, -0.1) is 0 Å². The molecule has 4 aliphatic rings. The predicted molar refractivity (Wildman–Crippen MR) is 98.6 cm³/mol. The third kappa shape index (κ3) is 2.38. The van der Waals surface area contributed by atoms with Gasteiger partial charge in [0.05, 0.1) is 0 Å². The minimum absolute atomic E-state index is 0.251. The molecule has 3 nitrogen and oxygen atoms in total. The molecule has 0 bridgehead atoms. The first-order chi connectivity index (χ1) is 11.9. The van der Waals surface area contributed by atoms with Gasteiger partial charge in [0.1, 0.15) is 0 Å². The molecule has 1 amide bonds. The number of carbonyl (C=O) groups is 2. The summed E-state index contributed by atoms with van der Waals surface area (Å²) < 4.78 is 0. The van der Waals surface area contributed by atoms with Crippen molar-refractivity contribution in [3.63, 3.8) is 0 Å². The summed E-state index contributed by atoms with van der Waals surface area (Å²) in [5.41, 5.74) is 4.53. The van der Waals surface area contributed by atoms with Crippen LogP contribution >= 0.6 is 0 Å². The number of amides is 1. The first kappa shape index (κ1) is 17.1.